The summed E-state index contributed by atoms with van der Waals surface area (Å²) in [5.74, 6) is -0.724. The lowest BCUT2D eigenvalue weighted by Gasteiger charge is -2.14. The minimum atomic E-state index is -4.00. The minimum absolute atomic E-state index is 0.0803. The maximum atomic E-state index is 12.8. The molecular weight excluding hydrogens is 477 g/mol. The van der Waals surface area contributed by atoms with E-state index in [1.54, 1.807) is 30.3 Å². The molecule has 0 saturated carbocycles. The monoisotopic (exact) mass is 493 g/mol. The van der Waals surface area contributed by atoms with Gasteiger partial charge >= 0.3 is 0 Å². The lowest BCUT2D eigenvalue weighted by Crippen LogP contribution is -2.33. The molecule has 0 aliphatic carbocycles. The van der Waals surface area contributed by atoms with Crippen LogP contribution in [0.5, 0.6) is 11.5 Å². The minimum Gasteiger partial charge on any atom is -0.454 e. The van der Waals surface area contributed by atoms with E-state index in [9.17, 15) is 18.0 Å². The van der Waals surface area contributed by atoms with Gasteiger partial charge in [-0.3, -0.25) is 14.3 Å². The third kappa shape index (κ3) is 5.91. The van der Waals surface area contributed by atoms with Gasteiger partial charge in [0.05, 0.1) is 22.2 Å². The van der Waals surface area contributed by atoms with Crippen LogP contribution in [0.3, 0.4) is 0 Å². The summed E-state index contributed by atoms with van der Waals surface area (Å²) in [7, 11) is -4.00. The Morgan fingerprint density at radius 2 is 1.62 bits per heavy atom. The molecule has 0 atom stereocenters. The Hall–Kier alpha value is -3.27. The first-order chi connectivity index (χ1) is 15.2. The van der Waals surface area contributed by atoms with Gasteiger partial charge in [-0.1, -0.05) is 35.3 Å². The molecular formula is C21H17Cl2N3O5S. The Morgan fingerprint density at radius 1 is 0.938 bits per heavy atom. The van der Waals surface area contributed by atoms with Crippen molar-refractivity contribution >= 4 is 50.7 Å². The zero-order valence-corrected chi connectivity index (χ0v) is 18.7. The molecule has 0 fully saturated rings. The van der Waals surface area contributed by atoms with Gasteiger partial charge in [0.15, 0.2) is 5.75 Å². The lowest BCUT2D eigenvalue weighted by atomic mass is 10.2. The van der Waals surface area contributed by atoms with Gasteiger partial charge in [-0.25, -0.2) is 8.42 Å². The molecule has 0 unspecified atom stereocenters. The van der Waals surface area contributed by atoms with Gasteiger partial charge in [0, 0.05) is 10.6 Å². The number of benzene rings is 3. The fourth-order valence-corrected chi connectivity index (χ4v) is 4.09. The number of amides is 2. The van der Waals surface area contributed by atoms with Crippen molar-refractivity contribution < 1.29 is 22.7 Å². The molecule has 0 aromatic heterocycles. The van der Waals surface area contributed by atoms with Crippen LogP contribution in [0.4, 0.5) is 5.69 Å². The molecule has 32 heavy (non-hydrogen) atoms. The van der Waals surface area contributed by atoms with E-state index in [2.05, 4.69) is 10.0 Å². The van der Waals surface area contributed by atoms with E-state index in [4.69, 9.17) is 33.7 Å². The Morgan fingerprint density at radius 3 is 2.28 bits per heavy atom. The Balaban J connectivity index is 1.79. The van der Waals surface area contributed by atoms with Crippen molar-refractivity contribution in [3.63, 3.8) is 0 Å². The standard InChI is InChI=1S/C21H17Cl2N3O5S/c22-14-7-10-18(16(23)11-14)31-19-4-2-1-3-17(19)26-32(29,30)15-8-5-13(6-9-15)21(28)25-12-20(24)27/h1-11,26H,12H2,(H2,24,27)(H,25,28). The second-order valence-electron chi connectivity index (χ2n) is 6.45. The number of halogens is 2. The first-order valence-corrected chi connectivity index (χ1v) is 11.3. The summed E-state index contributed by atoms with van der Waals surface area (Å²) < 4.78 is 33.9. The summed E-state index contributed by atoms with van der Waals surface area (Å²) in [6.07, 6.45) is 0. The van der Waals surface area contributed by atoms with Crippen molar-refractivity contribution in [3.8, 4) is 11.5 Å². The molecule has 0 saturated heterocycles. The molecule has 11 heteroatoms. The van der Waals surface area contributed by atoms with Crippen LogP contribution in [-0.4, -0.2) is 26.8 Å². The Labute approximate surface area is 194 Å². The number of carbonyl (C=O) groups is 2. The van der Waals surface area contributed by atoms with Crippen LogP contribution in [0.1, 0.15) is 10.4 Å². The van der Waals surface area contributed by atoms with Gasteiger partial charge in [0.2, 0.25) is 5.91 Å². The molecule has 0 radical (unpaired) electrons. The number of carbonyl (C=O) groups excluding carboxylic acids is 2. The molecule has 8 nitrogen and oxygen atoms in total. The number of primary amides is 1. The zero-order valence-electron chi connectivity index (χ0n) is 16.3. The first kappa shape index (κ1) is 23.4. The molecule has 0 aliphatic heterocycles. The van der Waals surface area contributed by atoms with Crippen LogP contribution in [0.25, 0.3) is 0 Å². The van der Waals surface area contributed by atoms with Gasteiger partial charge in [-0.2, -0.15) is 0 Å². The highest BCUT2D eigenvalue weighted by Crippen LogP contribution is 2.35. The van der Waals surface area contributed by atoms with E-state index >= 15 is 0 Å². The SMILES string of the molecule is NC(=O)CNC(=O)c1ccc(S(=O)(=O)Nc2ccccc2Oc2ccc(Cl)cc2Cl)cc1. The Bertz CT molecular complexity index is 1260. The summed E-state index contributed by atoms with van der Waals surface area (Å²) in [5, 5.41) is 3.02. The second-order valence-corrected chi connectivity index (χ2v) is 8.98. The summed E-state index contributed by atoms with van der Waals surface area (Å²) >= 11 is 12.0. The number of sulfonamides is 1. The molecule has 0 aliphatic rings. The fourth-order valence-electron chi connectivity index (χ4n) is 2.58. The number of ether oxygens (including phenoxy) is 1. The number of rotatable bonds is 8. The second kappa shape index (κ2) is 9.90. The van der Waals surface area contributed by atoms with Crippen LogP contribution < -0.4 is 20.5 Å². The average molecular weight is 494 g/mol. The van der Waals surface area contributed by atoms with E-state index in [0.717, 1.165) is 0 Å². The molecule has 0 bridgehead atoms. The summed E-state index contributed by atoms with van der Waals surface area (Å²) in [5.41, 5.74) is 5.34. The third-order valence-electron chi connectivity index (χ3n) is 4.10. The first-order valence-electron chi connectivity index (χ1n) is 9.07. The Kier molecular flexibility index (Phi) is 7.24. The molecule has 3 aromatic rings. The number of nitrogens with two attached hydrogens (primary N) is 1. The van der Waals surface area contributed by atoms with Crippen molar-refractivity contribution in [2.45, 2.75) is 4.90 Å². The average Bonchev–Trinajstić information content (AvgIpc) is 2.75. The van der Waals surface area contributed by atoms with Crippen molar-refractivity contribution in [2.75, 3.05) is 11.3 Å². The molecule has 3 aromatic carbocycles. The molecule has 0 spiro atoms. The van der Waals surface area contributed by atoms with Crippen molar-refractivity contribution in [1.82, 2.24) is 5.32 Å². The van der Waals surface area contributed by atoms with Gasteiger partial charge in [0.25, 0.3) is 15.9 Å². The third-order valence-corrected chi connectivity index (χ3v) is 6.01. The van der Waals surface area contributed by atoms with E-state index < -0.39 is 21.8 Å². The number of nitrogens with one attached hydrogen (secondary N) is 2. The van der Waals surface area contributed by atoms with Crippen LogP contribution in [0, 0.1) is 0 Å². The van der Waals surface area contributed by atoms with Crippen LogP contribution in [-0.2, 0) is 14.8 Å². The maximum Gasteiger partial charge on any atom is 0.262 e. The number of anilines is 1. The highest BCUT2D eigenvalue weighted by Gasteiger charge is 2.18. The molecule has 4 N–H and O–H groups in total. The van der Waals surface area contributed by atoms with Crippen molar-refractivity contribution in [3.05, 3.63) is 82.3 Å². The topological polar surface area (TPSA) is 128 Å². The largest absolute Gasteiger partial charge is 0.454 e. The molecule has 3 rings (SSSR count). The molecule has 0 heterocycles. The fraction of sp³-hybridized carbons (Fsp3) is 0.0476. The van der Waals surface area contributed by atoms with Gasteiger partial charge < -0.3 is 15.8 Å². The predicted molar refractivity (Wildman–Crippen MR) is 122 cm³/mol. The van der Waals surface area contributed by atoms with E-state index in [1.807, 2.05) is 0 Å². The van der Waals surface area contributed by atoms with Crippen LogP contribution in [0.15, 0.2) is 71.6 Å². The lowest BCUT2D eigenvalue weighted by molar-refractivity contribution is -0.117. The van der Waals surface area contributed by atoms with Crippen LogP contribution >= 0.6 is 23.2 Å². The normalized spacial score (nSPS) is 10.9. The molecule has 2 amide bonds. The van der Waals surface area contributed by atoms with E-state index in [1.165, 1.54) is 36.4 Å². The summed E-state index contributed by atoms with van der Waals surface area (Å²) in [4.78, 5) is 22.6. The number of hydrogen-bond acceptors (Lipinski definition) is 5. The van der Waals surface area contributed by atoms with E-state index in [0.29, 0.717) is 10.8 Å². The number of hydrogen-bond donors (Lipinski definition) is 3. The van der Waals surface area contributed by atoms with Crippen LogP contribution in [0.2, 0.25) is 10.0 Å². The van der Waals surface area contributed by atoms with Gasteiger partial charge in [-0.15, -0.1) is 0 Å². The predicted octanol–water partition coefficient (Wildman–Crippen LogP) is 3.80. The van der Waals surface area contributed by atoms with Gasteiger partial charge in [0.1, 0.15) is 5.75 Å². The summed E-state index contributed by atoms with van der Waals surface area (Å²) in [6.45, 7) is -0.325. The maximum absolute atomic E-state index is 12.8. The van der Waals surface area contributed by atoms with Crippen molar-refractivity contribution in [2.24, 2.45) is 5.73 Å². The zero-order chi connectivity index (χ0) is 23.3. The highest BCUT2D eigenvalue weighted by molar-refractivity contribution is 7.92. The van der Waals surface area contributed by atoms with Gasteiger partial charge in [-0.05, 0) is 54.6 Å². The van der Waals surface area contributed by atoms with Crippen molar-refractivity contribution in [1.29, 1.82) is 0 Å². The molecule has 166 valence electrons. The number of para-hydroxylation sites is 2. The smallest absolute Gasteiger partial charge is 0.262 e. The summed E-state index contributed by atoms with van der Waals surface area (Å²) in [6, 6.07) is 16.3. The quantitative estimate of drug-likeness (QED) is 0.439. The highest BCUT2D eigenvalue weighted by atomic mass is 35.5. The van der Waals surface area contributed by atoms with E-state index in [-0.39, 0.29) is 33.5 Å².